The van der Waals surface area contributed by atoms with Gasteiger partial charge in [0.25, 0.3) is 0 Å². The van der Waals surface area contributed by atoms with Crippen LogP contribution in [0.4, 0.5) is 5.82 Å². The molecule has 0 saturated heterocycles. The van der Waals surface area contributed by atoms with Crippen molar-refractivity contribution in [3.63, 3.8) is 0 Å². The smallest absolute Gasteiger partial charge is 0.159 e. The Morgan fingerprint density at radius 1 is 1.47 bits per heavy atom. The molecule has 15 heavy (non-hydrogen) atoms. The standard InChI is InChI=1S/C11H18BrN3/c1-11(5-3-2-4-6-11)8-15-7-9(12)10(13)14-15/h7H,2-6,8H2,1H3,(H2,13,14). The van der Waals surface area contributed by atoms with E-state index in [2.05, 4.69) is 28.0 Å². The second-order valence-electron chi connectivity index (χ2n) is 4.93. The molecule has 2 rings (SSSR count). The van der Waals surface area contributed by atoms with Gasteiger partial charge in [-0.15, -0.1) is 0 Å². The lowest BCUT2D eigenvalue weighted by Crippen LogP contribution is -2.26. The first-order valence-corrected chi connectivity index (χ1v) is 6.37. The lowest BCUT2D eigenvalue weighted by atomic mass is 9.76. The van der Waals surface area contributed by atoms with E-state index in [4.69, 9.17) is 5.73 Å². The summed E-state index contributed by atoms with van der Waals surface area (Å²) < 4.78 is 2.88. The molecule has 1 aliphatic carbocycles. The molecule has 0 aromatic carbocycles. The van der Waals surface area contributed by atoms with E-state index in [1.54, 1.807) is 0 Å². The van der Waals surface area contributed by atoms with Crippen LogP contribution in [-0.2, 0) is 6.54 Å². The number of hydrogen-bond donors (Lipinski definition) is 1. The zero-order valence-corrected chi connectivity index (χ0v) is 10.8. The van der Waals surface area contributed by atoms with E-state index >= 15 is 0 Å². The Balaban J connectivity index is 2.06. The Morgan fingerprint density at radius 2 is 2.13 bits per heavy atom. The highest BCUT2D eigenvalue weighted by molar-refractivity contribution is 9.10. The van der Waals surface area contributed by atoms with Gasteiger partial charge in [-0.05, 0) is 34.2 Å². The van der Waals surface area contributed by atoms with E-state index in [9.17, 15) is 0 Å². The number of aromatic nitrogens is 2. The average molecular weight is 272 g/mol. The molecule has 1 saturated carbocycles. The monoisotopic (exact) mass is 271 g/mol. The number of anilines is 1. The minimum atomic E-state index is 0.413. The SMILES string of the molecule is CC1(Cn2cc(Br)c(N)n2)CCCCC1. The summed E-state index contributed by atoms with van der Waals surface area (Å²) >= 11 is 3.39. The summed E-state index contributed by atoms with van der Waals surface area (Å²) in [5.74, 6) is 0.592. The number of rotatable bonds is 2. The van der Waals surface area contributed by atoms with Gasteiger partial charge in [0.15, 0.2) is 5.82 Å². The van der Waals surface area contributed by atoms with E-state index in [1.807, 2.05) is 10.9 Å². The quantitative estimate of drug-likeness (QED) is 0.898. The zero-order chi connectivity index (χ0) is 10.9. The van der Waals surface area contributed by atoms with Crippen LogP contribution in [0.25, 0.3) is 0 Å². The Kier molecular flexibility index (Phi) is 3.05. The van der Waals surface area contributed by atoms with E-state index in [1.165, 1.54) is 32.1 Å². The highest BCUT2D eigenvalue weighted by atomic mass is 79.9. The summed E-state index contributed by atoms with van der Waals surface area (Å²) in [7, 11) is 0. The molecular weight excluding hydrogens is 254 g/mol. The summed E-state index contributed by atoms with van der Waals surface area (Å²) in [6.07, 6.45) is 8.70. The van der Waals surface area contributed by atoms with Gasteiger partial charge in [0.05, 0.1) is 4.47 Å². The van der Waals surface area contributed by atoms with Crippen LogP contribution in [0.3, 0.4) is 0 Å². The van der Waals surface area contributed by atoms with Crippen LogP contribution in [0.1, 0.15) is 39.0 Å². The maximum atomic E-state index is 5.71. The zero-order valence-electron chi connectivity index (χ0n) is 9.17. The Hall–Kier alpha value is -0.510. The van der Waals surface area contributed by atoms with E-state index in [0.29, 0.717) is 11.2 Å². The first-order valence-electron chi connectivity index (χ1n) is 5.58. The van der Waals surface area contributed by atoms with Crippen molar-refractivity contribution >= 4 is 21.7 Å². The lowest BCUT2D eigenvalue weighted by molar-refractivity contribution is 0.176. The molecule has 1 aromatic heterocycles. The van der Waals surface area contributed by atoms with Gasteiger partial charge in [-0.25, -0.2) is 0 Å². The number of nitrogen functional groups attached to an aromatic ring is 1. The topological polar surface area (TPSA) is 43.8 Å². The molecule has 4 heteroatoms. The summed E-state index contributed by atoms with van der Waals surface area (Å²) in [5, 5.41) is 4.30. The fraction of sp³-hybridized carbons (Fsp3) is 0.727. The molecule has 2 N–H and O–H groups in total. The van der Waals surface area contributed by atoms with Crippen molar-refractivity contribution in [3.05, 3.63) is 10.7 Å². The third-order valence-corrected chi connectivity index (χ3v) is 3.96. The van der Waals surface area contributed by atoms with E-state index < -0.39 is 0 Å². The molecule has 3 nitrogen and oxygen atoms in total. The normalized spacial score (nSPS) is 20.4. The minimum Gasteiger partial charge on any atom is -0.381 e. The van der Waals surface area contributed by atoms with Gasteiger partial charge in [-0.3, -0.25) is 4.68 Å². The summed E-state index contributed by atoms with van der Waals surface area (Å²) in [6.45, 7) is 3.35. The van der Waals surface area contributed by atoms with Crippen molar-refractivity contribution in [1.82, 2.24) is 9.78 Å². The highest BCUT2D eigenvalue weighted by Gasteiger charge is 2.27. The van der Waals surface area contributed by atoms with Crippen LogP contribution in [0.15, 0.2) is 10.7 Å². The van der Waals surface area contributed by atoms with Gasteiger partial charge in [-0.1, -0.05) is 26.2 Å². The molecule has 0 bridgehead atoms. The average Bonchev–Trinajstić information content (AvgIpc) is 2.46. The molecule has 0 unspecified atom stereocenters. The third kappa shape index (κ3) is 2.54. The maximum absolute atomic E-state index is 5.71. The number of halogens is 1. The Labute approximate surface area is 99.2 Å². The van der Waals surface area contributed by atoms with Crippen molar-refractivity contribution in [2.45, 2.75) is 45.6 Å². The van der Waals surface area contributed by atoms with Crippen molar-refractivity contribution in [2.24, 2.45) is 5.41 Å². The van der Waals surface area contributed by atoms with Crippen LogP contribution in [-0.4, -0.2) is 9.78 Å². The van der Waals surface area contributed by atoms with Gasteiger partial charge in [-0.2, -0.15) is 5.10 Å². The number of nitrogens with zero attached hydrogens (tertiary/aromatic N) is 2. The van der Waals surface area contributed by atoms with Crippen LogP contribution in [0.5, 0.6) is 0 Å². The van der Waals surface area contributed by atoms with Gasteiger partial charge >= 0.3 is 0 Å². The molecule has 84 valence electrons. The van der Waals surface area contributed by atoms with Crippen molar-refractivity contribution < 1.29 is 0 Å². The largest absolute Gasteiger partial charge is 0.381 e. The summed E-state index contributed by atoms with van der Waals surface area (Å²) in [6, 6.07) is 0. The molecule has 1 heterocycles. The molecule has 1 aromatic rings. The Morgan fingerprint density at radius 3 is 2.67 bits per heavy atom. The molecule has 1 aliphatic rings. The third-order valence-electron chi connectivity index (χ3n) is 3.35. The molecule has 1 fully saturated rings. The van der Waals surface area contributed by atoms with Crippen LogP contribution < -0.4 is 5.73 Å². The van der Waals surface area contributed by atoms with Gasteiger partial charge in [0, 0.05) is 12.7 Å². The number of nitrogens with two attached hydrogens (primary N) is 1. The predicted octanol–water partition coefficient (Wildman–Crippen LogP) is 3.20. The fourth-order valence-electron chi connectivity index (χ4n) is 2.45. The van der Waals surface area contributed by atoms with Crippen molar-refractivity contribution in [1.29, 1.82) is 0 Å². The second-order valence-corrected chi connectivity index (χ2v) is 5.79. The first-order chi connectivity index (χ1) is 7.09. The molecular formula is C11H18BrN3. The van der Waals surface area contributed by atoms with E-state index in [-0.39, 0.29) is 0 Å². The Bertz CT molecular complexity index is 320. The van der Waals surface area contributed by atoms with Crippen LogP contribution >= 0.6 is 15.9 Å². The lowest BCUT2D eigenvalue weighted by Gasteiger charge is -2.33. The maximum Gasteiger partial charge on any atom is 0.159 e. The molecule has 0 atom stereocenters. The molecule has 0 radical (unpaired) electrons. The fourth-order valence-corrected chi connectivity index (χ4v) is 2.76. The molecule has 0 aliphatic heterocycles. The van der Waals surface area contributed by atoms with Crippen LogP contribution in [0, 0.1) is 5.41 Å². The molecule has 0 spiro atoms. The van der Waals surface area contributed by atoms with Gasteiger partial charge in [0.2, 0.25) is 0 Å². The van der Waals surface area contributed by atoms with Crippen molar-refractivity contribution in [3.8, 4) is 0 Å². The minimum absolute atomic E-state index is 0.413. The van der Waals surface area contributed by atoms with E-state index in [0.717, 1.165) is 11.0 Å². The second kappa shape index (κ2) is 4.16. The summed E-state index contributed by atoms with van der Waals surface area (Å²) in [5.41, 5.74) is 6.12. The summed E-state index contributed by atoms with van der Waals surface area (Å²) in [4.78, 5) is 0. The van der Waals surface area contributed by atoms with Gasteiger partial charge < -0.3 is 5.73 Å². The number of hydrogen-bond acceptors (Lipinski definition) is 2. The molecule has 0 amide bonds. The van der Waals surface area contributed by atoms with Gasteiger partial charge in [0.1, 0.15) is 0 Å². The first kappa shape index (κ1) is 11.0. The predicted molar refractivity (Wildman–Crippen MR) is 65.5 cm³/mol. The highest BCUT2D eigenvalue weighted by Crippen LogP contribution is 2.37. The van der Waals surface area contributed by atoms with Crippen LogP contribution in [0.2, 0.25) is 0 Å². The van der Waals surface area contributed by atoms with Crippen molar-refractivity contribution in [2.75, 3.05) is 5.73 Å².